The molecule has 1 saturated carbocycles. The highest BCUT2D eigenvalue weighted by Crippen LogP contribution is 2.42. The number of nitrogens with zero attached hydrogens (tertiary/aromatic N) is 1. The molecular formula is C12H26N2O2. The standard InChI is InChI=1S/C12H26N2O2/c1-5-11(3,4)14(16-15-13)12(6-2)9-7-8-10-12/h5-10,13H2,1-4H3. The fourth-order valence-corrected chi connectivity index (χ4v) is 2.74. The number of hydrogen-bond acceptors (Lipinski definition) is 4. The molecule has 0 aromatic rings. The van der Waals surface area contributed by atoms with E-state index in [1.807, 2.05) is 5.06 Å². The van der Waals surface area contributed by atoms with Crippen LogP contribution >= 0.6 is 0 Å². The number of hydrogen-bond donors (Lipinski definition) is 1. The summed E-state index contributed by atoms with van der Waals surface area (Å²) in [4.78, 5) is 9.74. The Morgan fingerprint density at radius 1 is 1.25 bits per heavy atom. The minimum atomic E-state index is -0.0558. The maximum absolute atomic E-state index is 5.29. The van der Waals surface area contributed by atoms with Crippen molar-refractivity contribution in [2.75, 3.05) is 0 Å². The van der Waals surface area contributed by atoms with Gasteiger partial charge in [-0.3, -0.25) is 0 Å². The summed E-state index contributed by atoms with van der Waals surface area (Å²) in [5.74, 6) is 5.10. The van der Waals surface area contributed by atoms with Gasteiger partial charge in [-0.1, -0.05) is 26.7 Å². The molecule has 1 rings (SSSR count). The Morgan fingerprint density at radius 3 is 2.19 bits per heavy atom. The van der Waals surface area contributed by atoms with E-state index >= 15 is 0 Å². The predicted molar refractivity (Wildman–Crippen MR) is 64.1 cm³/mol. The Balaban J connectivity index is 2.90. The highest BCUT2D eigenvalue weighted by molar-refractivity contribution is 4.95. The maximum Gasteiger partial charge on any atom is 0.0497 e. The van der Waals surface area contributed by atoms with Gasteiger partial charge in [-0.15, -0.1) is 15.0 Å². The van der Waals surface area contributed by atoms with Crippen LogP contribution in [-0.4, -0.2) is 16.1 Å². The average Bonchev–Trinajstić information content (AvgIpc) is 2.75. The van der Waals surface area contributed by atoms with Crippen LogP contribution in [0.25, 0.3) is 0 Å². The number of hydroxylamine groups is 2. The molecule has 4 heteroatoms. The van der Waals surface area contributed by atoms with Gasteiger partial charge < -0.3 is 0 Å². The van der Waals surface area contributed by atoms with Crippen molar-refractivity contribution in [3.05, 3.63) is 0 Å². The molecule has 96 valence electrons. The molecule has 0 unspecified atom stereocenters. The zero-order valence-electron chi connectivity index (χ0n) is 11.1. The van der Waals surface area contributed by atoms with Gasteiger partial charge in [-0.25, -0.2) is 0 Å². The molecule has 0 radical (unpaired) electrons. The second kappa shape index (κ2) is 5.45. The SMILES string of the molecule is CCC(C)(C)N(OON)C1(CC)CCCC1. The van der Waals surface area contributed by atoms with E-state index in [0.717, 1.165) is 25.7 Å². The smallest absolute Gasteiger partial charge is 0.0497 e. The largest absolute Gasteiger partial charge is 0.181 e. The molecule has 0 bridgehead atoms. The van der Waals surface area contributed by atoms with Crippen molar-refractivity contribution in [3.63, 3.8) is 0 Å². The van der Waals surface area contributed by atoms with E-state index in [1.165, 1.54) is 12.8 Å². The molecule has 2 N–H and O–H groups in total. The van der Waals surface area contributed by atoms with Gasteiger partial charge in [-0.2, -0.15) is 5.90 Å². The van der Waals surface area contributed by atoms with E-state index in [1.54, 1.807) is 0 Å². The van der Waals surface area contributed by atoms with E-state index in [2.05, 4.69) is 32.7 Å². The van der Waals surface area contributed by atoms with E-state index in [9.17, 15) is 0 Å². The Morgan fingerprint density at radius 2 is 1.81 bits per heavy atom. The van der Waals surface area contributed by atoms with E-state index < -0.39 is 0 Å². The van der Waals surface area contributed by atoms with E-state index in [4.69, 9.17) is 10.9 Å². The summed E-state index contributed by atoms with van der Waals surface area (Å²) in [7, 11) is 0. The van der Waals surface area contributed by atoms with Gasteiger partial charge in [0.25, 0.3) is 0 Å². The van der Waals surface area contributed by atoms with Crippen LogP contribution < -0.4 is 5.90 Å². The molecule has 0 saturated heterocycles. The molecule has 1 fully saturated rings. The fourth-order valence-electron chi connectivity index (χ4n) is 2.74. The third-order valence-electron chi connectivity index (χ3n) is 4.16. The quantitative estimate of drug-likeness (QED) is 0.563. The number of rotatable bonds is 6. The van der Waals surface area contributed by atoms with Gasteiger partial charge in [0.1, 0.15) is 0 Å². The topological polar surface area (TPSA) is 47.7 Å². The minimum Gasteiger partial charge on any atom is -0.181 e. The lowest BCUT2D eigenvalue weighted by Crippen LogP contribution is -2.56. The van der Waals surface area contributed by atoms with Crippen LogP contribution in [0, 0.1) is 0 Å². The Labute approximate surface area is 98.9 Å². The van der Waals surface area contributed by atoms with Gasteiger partial charge in [0.15, 0.2) is 0 Å². The van der Waals surface area contributed by atoms with Crippen molar-refractivity contribution in [2.24, 2.45) is 5.90 Å². The van der Waals surface area contributed by atoms with Crippen molar-refractivity contribution < 1.29 is 9.98 Å². The van der Waals surface area contributed by atoms with Crippen LogP contribution in [0.5, 0.6) is 0 Å². The normalized spacial score (nSPS) is 20.6. The summed E-state index contributed by atoms with van der Waals surface area (Å²) in [6, 6.07) is 0. The molecule has 0 aromatic carbocycles. The first-order valence-corrected chi connectivity index (χ1v) is 6.36. The van der Waals surface area contributed by atoms with Gasteiger partial charge in [0, 0.05) is 11.1 Å². The lowest BCUT2D eigenvalue weighted by Gasteiger charge is -2.46. The highest BCUT2D eigenvalue weighted by Gasteiger charge is 2.46. The molecule has 1 aliphatic rings. The molecule has 0 amide bonds. The van der Waals surface area contributed by atoms with Crippen LogP contribution in [0.4, 0.5) is 0 Å². The van der Waals surface area contributed by atoms with Gasteiger partial charge in [0.05, 0.1) is 0 Å². The van der Waals surface area contributed by atoms with Crippen molar-refractivity contribution >= 4 is 0 Å². The van der Waals surface area contributed by atoms with Crippen LogP contribution in [0.2, 0.25) is 0 Å². The van der Waals surface area contributed by atoms with Crippen LogP contribution in [0.15, 0.2) is 0 Å². The first kappa shape index (κ1) is 13.9. The lowest BCUT2D eigenvalue weighted by molar-refractivity contribution is -0.476. The van der Waals surface area contributed by atoms with Gasteiger partial charge in [-0.05, 0) is 39.5 Å². The van der Waals surface area contributed by atoms with Crippen molar-refractivity contribution in [1.29, 1.82) is 0 Å². The molecule has 0 heterocycles. The Bertz CT molecular complexity index is 213. The second-order valence-corrected chi connectivity index (χ2v) is 5.42. The van der Waals surface area contributed by atoms with Crippen molar-refractivity contribution in [2.45, 2.75) is 77.3 Å². The summed E-state index contributed by atoms with van der Waals surface area (Å²) < 4.78 is 0. The maximum atomic E-state index is 5.29. The molecule has 0 aliphatic heterocycles. The second-order valence-electron chi connectivity index (χ2n) is 5.42. The van der Waals surface area contributed by atoms with E-state index in [-0.39, 0.29) is 11.1 Å². The summed E-state index contributed by atoms with van der Waals surface area (Å²) in [5.41, 5.74) is 0.0403. The average molecular weight is 230 g/mol. The summed E-state index contributed by atoms with van der Waals surface area (Å²) >= 11 is 0. The fraction of sp³-hybridized carbons (Fsp3) is 1.00. The predicted octanol–water partition coefficient (Wildman–Crippen LogP) is 2.94. The van der Waals surface area contributed by atoms with Crippen LogP contribution in [-0.2, 0) is 9.98 Å². The monoisotopic (exact) mass is 230 g/mol. The van der Waals surface area contributed by atoms with Crippen molar-refractivity contribution in [3.8, 4) is 0 Å². The molecule has 1 aliphatic carbocycles. The first-order chi connectivity index (χ1) is 7.52. The molecule has 0 atom stereocenters. The Hall–Kier alpha value is -0.160. The minimum absolute atomic E-state index is 0.0558. The molecular weight excluding hydrogens is 204 g/mol. The third-order valence-corrected chi connectivity index (χ3v) is 4.16. The van der Waals surface area contributed by atoms with Gasteiger partial charge >= 0.3 is 0 Å². The highest BCUT2D eigenvalue weighted by atomic mass is 17.3. The van der Waals surface area contributed by atoms with Crippen molar-refractivity contribution in [1.82, 2.24) is 5.06 Å². The zero-order valence-corrected chi connectivity index (χ0v) is 11.1. The van der Waals surface area contributed by atoms with Crippen LogP contribution in [0.3, 0.4) is 0 Å². The molecule has 4 nitrogen and oxygen atoms in total. The first-order valence-electron chi connectivity index (χ1n) is 6.36. The molecule has 16 heavy (non-hydrogen) atoms. The van der Waals surface area contributed by atoms with Gasteiger partial charge in [0.2, 0.25) is 0 Å². The Kier molecular flexibility index (Phi) is 4.73. The third kappa shape index (κ3) is 2.56. The lowest BCUT2D eigenvalue weighted by atomic mass is 9.88. The summed E-state index contributed by atoms with van der Waals surface area (Å²) in [6.07, 6.45) is 6.92. The molecule has 0 aromatic heterocycles. The zero-order chi connectivity index (χ0) is 12.2. The van der Waals surface area contributed by atoms with E-state index in [0.29, 0.717) is 0 Å². The summed E-state index contributed by atoms with van der Waals surface area (Å²) in [6.45, 7) is 8.71. The molecule has 0 spiro atoms. The van der Waals surface area contributed by atoms with Crippen LogP contribution in [0.1, 0.15) is 66.2 Å². The summed E-state index contributed by atoms with van der Waals surface area (Å²) in [5, 5.41) is 1.99. The number of nitrogens with two attached hydrogens (primary N) is 1.